The molecule has 5 nitrogen and oxygen atoms in total. The third-order valence-electron chi connectivity index (χ3n) is 4.01. The van der Waals surface area contributed by atoms with E-state index >= 15 is 0 Å². The highest BCUT2D eigenvalue weighted by Crippen LogP contribution is 2.28. The van der Waals surface area contributed by atoms with Crippen LogP contribution in [-0.2, 0) is 6.61 Å². The fraction of sp³-hybridized carbons (Fsp3) is 0.150. The van der Waals surface area contributed by atoms with Crippen molar-refractivity contribution in [1.29, 1.82) is 10.5 Å². The van der Waals surface area contributed by atoms with Gasteiger partial charge >= 0.3 is 0 Å². The van der Waals surface area contributed by atoms with Gasteiger partial charge in [-0.25, -0.2) is 4.68 Å². The molecule has 0 saturated carbocycles. The number of nitrogens with zero attached hydrogens (tertiary/aromatic N) is 4. The lowest BCUT2D eigenvalue weighted by Gasteiger charge is -2.08. The first-order valence-electron chi connectivity index (χ1n) is 7.91. The second-order valence-electron chi connectivity index (χ2n) is 5.79. The van der Waals surface area contributed by atoms with Crippen LogP contribution in [0.15, 0.2) is 42.5 Å². The van der Waals surface area contributed by atoms with Crippen molar-refractivity contribution in [1.82, 2.24) is 9.78 Å². The van der Waals surface area contributed by atoms with Crippen molar-refractivity contribution < 1.29 is 4.74 Å². The Balaban J connectivity index is 1.85. The molecule has 6 heteroatoms. The number of hydrogen-bond acceptors (Lipinski definition) is 4. The summed E-state index contributed by atoms with van der Waals surface area (Å²) in [5.74, 6) is 0.704. The lowest BCUT2D eigenvalue weighted by atomic mass is 10.1. The second kappa shape index (κ2) is 7.31. The zero-order valence-corrected chi connectivity index (χ0v) is 15.1. The first-order valence-corrected chi connectivity index (χ1v) is 8.29. The minimum absolute atomic E-state index is 0.382. The molecule has 0 aliphatic carbocycles. The van der Waals surface area contributed by atoms with Gasteiger partial charge < -0.3 is 4.74 Å². The Morgan fingerprint density at radius 1 is 1.08 bits per heavy atom. The molecule has 128 valence electrons. The van der Waals surface area contributed by atoms with Crippen LogP contribution in [0, 0.1) is 36.5 Å². The highest BCUT2D eigenvalue weighted by molar-refractivity contribution is 6.31. The fourth-order valence-corrected chi connectivity index (χ4v) is 2.86. The van der Waals surface area contributed by atoms with Gasteiger partial charge in [-0.2, -0.15) is 15.6 Å². The Bertz CT molecular complexity index is 1040. The lowest BCUT2D eigenvalue weighted by molar-refractivity contribution is 0.302. The summed E-state index contributed by atoms with van der Waals surface area (Å²) < 4.78 is 7.70. The molecule has 1 aromatic heterocycles. The number of halogens is 1. The molecule has 0 spiro atoms. The summed E-state index contributed by atoms with van der Waals surface area (Å²) in [5, 5.41) is 22.8. The highest BCUT2D eigenvalue weighted by atomic mass is 35.5. The standard InChI is InChI=1S/C20H15ClN4O/c1-13-20(26-12-16-5-3-15(10-22)4-6-16)14(2)25(24-13)18-8-7-17(11-23)19(21)9-18/h3-9H,12H2,1-2H3. The van der Waals surface area contributed by atoms with Crippen molar-refractivity contribution >= 4 is 11.6 Å². The average Bonchev–Trinajstić information content (AvgIpc) is 2.94. The summed E-state index contributed by atoms with van der Waals surface area (Å²) in [5.41, 5.74) is 4.38. The molecule has 0 saturated heterocycles. The molecule has 0 bridgehead atoms. The van der Waals surface area contributed by atoms with E-state index in [2.05, 4.69) is 11.2 Å². The molecule has 1 heterocycles. The summed E-state index contributed by atoms with van der Waals surface area (Å²) in [7, 11) is 0. The predicted molar refractivity (Wildman–Crippen MR) is 98.3 cm³/mol. The molecule has 0 aliphatic heterocycles. The molecule has 0 fully saturated rings. The topological polar surface area (TPSA) is 74.6 Å². The molecule has 0 amide bonds. The summed E-state index contributed by atoms with van der Waals surface area (Å²) in [6, 6.07) is 16.6. The van der Waals surface area contributed by atoms with Crippen molar-refractivity contribution in [3.63, 3.8) is 0 Å². The van der Waals surface area contributed by atoms with Crippen molar-refractivity contribution in [2.75, 3.05) is 0 Å². The van der Waals surface area contributed by atoms with Crippen molar-refractivity contribution in [3.8, 4) is 23.6 Å². The van der Waals surface area contributed by atoms with Crippen LogP contribution in [0.25, 0.3) is 5.69 Å². The van der Waals surface area contributed by atoms with E-state index in [4.69, 9.17) is 26.9 Å². The minimum atomic E-state index is 0.382. The Labute approximate surface area is 156 Å². The largest absolute Gasteiger partial charge is 0.485 e. The molecule has 0 radical (unpaired) electrons. The molecule has 0 aliphatic rings. The van der Waals surface area contributed by atoms with E-state index in [1.165, 1.54) is 0 Å². The first-order chi connectivity index (χ1) is 12.5. The number of benzene rings is 2. The Hall–Kier alpha value is -3.28. The van der Waals surface area contributed by atoms with E-state index in [1.54, 1.807) is 35.0 Å². The van der Waals surface area contributed by atoms with Crippen LogP contribution in [0.5, 0.6) is 5.75 Å². The Kier molecular flexibility index (Phi) is 4.93. The van der Waals surface area contributed by atoms with E-state index in [-0.39, 0.29) is 0 Å². The van der Waals surface area contributed by atoms with Gasteiger partial charge in [0.05, 0.1) is 33.6 Å². The molecule has 3 rings (SSSR count). The van der Waals surface area contributed by atoms with Crippen LogP contribution in [0.1, 0.15) is 28.1 Å². The van der Waals surface area contributed by atoms with Crippen LogP contribution in [-0.4, -0.2) is 9.78 Å². The number of rotatable bonds is 4. The SMILES string of the molecule is Cc1nn(-c2ccc(C#N)c(Cl)c2)c(C)c1OCc1ccc(C#N)cc1. The fourth-order valence-electron chi connectivity index (χ4n) is 2.65. The number of hydrogen-bond donors (Lipinski definition) is 0. The molecule has 0 N–H and O–H groups in total. The van der Waals surface area contributed by atoms with Crippen LogP contribution in [0.4, 0.5) is 0 Å². The normalized spacial score (nSPS) is 10.2. The zero-order chi connectivity index (χ0) is 18.7. The second-order valence-corrected chi connectivity index (χ2v) is 6.19. The molecule has 0 unspecified atom stereocenters. The van der Waals surface area contributed by atoms with E-state index in [0.717, 1.165) is 22.6 Å². The number of nitriles is 2. The molecule has 26 heavy (non-hydrogen) atoms. The summed E-state index contributed by atoms with van der Waals surface area (Å²) in [6.45, 7) is 4.18. The van der Waals surface area contributed by atoms with E-state index in [9.17, 15) is 0 Å². The third-order valence-corrected chi connectivity index (χ3v) is 4.32. The zero-order valence-electron chi connectivity index (χ0n) is 14.3. The van der Waals surface area contributed by atoms with Gasteiger partial charge in [-0.3, -0.25) is 0 Å². The Morgan fingerprint density at radius 3 is 2.42 bits per heavy atom. The van der Waals surface area contributed by atoms with Gasteiger partial charge in [-0.15, -0.1) is 0 Å². The average molecular weight is 363 g/mol. The number of ether oxygens (including phenoxy) is 1. The van der Waals surface area contributed by atoms with Crippen molar-refractivity contribution in [2.24, 2.45) is 0 Å². The van der Waals surface area contributed by atoms with Crippen molar-refractivity contribution in [3.05, 3.63) is 75.6 Å². The first kappa shape index (κ1) is 17.5. The van der Waals surface area contributed by atoms with Gasteiger partial charge in [-0.05, 0) is 49.7 Å². The molecule has 0 atom stereocenters. The summed E-state index contributed by atoms with van der Waals surface area (Å²) >= 11 is 6.13. The molecule has 2 aromatic carbocycles. The van der Waals surface area contributed by atoms with E-state index in [0.29, 0.717) is 28.5 Å². The van der Waals surface area contributed by atoms with Crippen LogP contribution in [0.3, 0.4) is 0 Å². The monoisotopic (exact) mass is 362 g/mol. The smallest absolute Gasteiger partial charge is 0.163 e. The van der Waals surface area contributed by atoms with Gasteiger partial charge in [0.25, 0.3) is 0 Å². The van der Waals surface area contributed by atoms with Gasteiger partial charge in [0.1, 0.15) is 18.4 Å². The van der Waals surface area contributed by atoms with Gasteiger partial charge in [-0.1, -0.05) is 23.7 Å². The molecule has 3 aromatic rings. The summed E-state index contributed by atoms with van der Waals surface area (Å²) in [4.78, 5) is 0. The maximum absolute atomic E-state index is 9.00. The van der Waals surface area contributed by atoms with E-state index < -0.39 is 0 Å². The van der Waals surface area contributed by atoms with Crippen LogP contribution >= 0.6 is 11.6 Å². The van der Waals surface area contributed by atoms with Gasteiger partial charge in [0.2, 0.25) is 0 Å². The Morgan fingerprint density at radius 2 is 1.81 bits per heavy atom. The predicted octanol–water partition coefficient (Wildman–Crippen LogP) is 4.46. The van der Waals surface area contributed by atoms with Gasteiger partial charge in [0, 0.05) is 0 Å². The van der Waals surface area contributed by atoms with Crippen LogP contribution < -0.4 is 4.74 Å². The molecular weight excluding hydrogens is 348 g/mol. The molecular formula is C20H15ClN4O. The number of aryl methyl sites for hydroxylation is 1. The van der Waals surface area contributed by atoms with Gasteiger partial charge in [0.15, 0.2) is 5.75 Å². The lowest BCUT2D eigenvalue weighted by Crippen LogP contribution is -2.01. The maximum atomic E-state index is 9.00. The third kappa shape index (κ3) is 3.39. The minimum Gasteiger partial charge on any atom is -0.485 e. The van der Waals surface area contributed by atoms with E-state index in [1.807, 2.05) is 32.0 Å². The quantitative estimate of drug-likeness (QED) is 0.686. The van der Waals surface area contributed by atoms with Crippen molar-refractivity contribution in [2.45, 2.75) is 20.5 Å². The number of aromatic nitrogens is 2. The van der Waals surface area contributed by atoms with Crippen LogP contribution in [0.2, 0.25) is 5.02 Å². The maximum Gasteiger partial charge on any atom is 0.163 e. The highest BCUT2D eigenvalue weighted by Gasteiger charge is 2.15. The summed E-state index contributed by atoms with van der Waals surface area (Å²) in [6.07, 6.45) is 0.